The lowest BCUT2D eigenvalue weighted by Crippen LogP contribution is -2.20. The van der Waals surface area contributed by atoms with Crippen LogP contribution < -0.4 is 5.32 Å². The molecule has 0 saturated carbocycles. The van der Waals surface area contributed by atoms with Gasteiger partial charge in [-0.05, 0) is 24.1 Å². The second-order valence-electron chi connectivity index (χ2n) is 4.09. The van der Waals surface area contributed by atoms with E-state index in [9.17, 15) is 18.0 Å². The second-order valence-corrected chi connectivity index (χ2v) is 4.09. The van der Waals surface area contributed by atoms with Gasteiger partial charge in [0.25, 0.3) is 0 Å². The minimum atomic E-state index is -4.51. The number of alkyl halides is 3. The Balaban J connectivity index is 2.87. The fourth-order valence-corrected chi connectivity index (χ4v) is 1.56. The lowest BCUT2D eigenvalue weighted by Gasteiger charge is -2.10. The summed E-state index contributed by atoms with van der Waals surface area (Å²) in [6, 6.07) is 5.11. The predicted octanol–water partition coefficient (Wildman–Crippen LogP) is 3.12. The van der Waals surface area contributed by atoms with Gasteiger partial charge in [-0.25, -0.2) is 0 Å². The quantitative estimate of drug-likeness (QED) is 0.863. The number of hydrogen-bond acceptors (Lipinski definition) is 2. The Bertz CT molecular complexity index is 557. The Morgan fingerprint density at radius 2 is 2.15 bits per heavy atom. The Labute approximate surface area is 114 Å². The van der Waals surface area contributed by atoms with Gasteiger partial charge >= 0.3 is 6.18 Å². The maximum absolute atomic E-state index is 12.8. The SMILES string of the molecule is CC(=O)NCCC=Cc1ccc(C#N)cc1C(F)(F)F. The van der Waals surface area contributed by atoms with Gasteiger partial charge in [0.05, 0.1) is 17.2 Å². The highest BCUT2D eigenvalue weighted by Gasteiger charge is 2.32. The van der Waals surface area contributed by atoms with Crippen LogP contribution in [0.25, 0.3) is 6.08 Å². The van der Waals surface area contributed by atoms with E-state index in [4.69, 9.17) is 5.26 Å². The first-order valence-corrected chi connectivity index (χ1v) is 5.87. The molecule has 0 bridgehead atoms. The van der Waals surface area contributed by atoms with E-state index >= 15 is 0 Å². The minimum Gasteiger partial charge on any atom is -0.356 e. The van der Waals surface area contributed by atoms with Crippen molar-refractivity contribution in [1.82, 2.24) is 5.32 Å². The van der Waals surface area contributed by atoms with Crippen molar-refractivity contribution in [1.29, 1.82) is 5.26 Å². The van der Waals surface area contributed by atoms with Gasteiger partial charge in [0.2, 0.25) is 5.91 Å². The number of nitrogens with one attached hydrogen (secondary N) is 1. The number of nitrogens with zero attached hydrogens (tertiary/aromatic N) is 1. The van der Waals surface area contributed by atoms with E-state index in [1.54, 1.807) is 12.1 Å². The zero-order chi connectivity index (χ0) is 15.2. The molecule has 1 N–H and O–H groups in total. The third-order valence-electron chi connectivity index (χ3n) is 2.47. The van der Waals surface area contributed by atoms with Gasteiger partial charge in [-0.3, -0.25) is 4.79 Å². The number of carbonyl (C=O) groups excluding carboxylic acids is 1. The van der Waals surface area contributed by atoms with Crippen LogP contribution in [0, 0.1) is 11.3 Å². The summed E-state index contributed by atoms with van der Waals surface area (Å²) in [6.07, 6.45) is -1.20. The summed E-state index contributed by atoms with van der Waals surface area (Å²) in [7, 11) is 0. The van der Waals surface area contributed by atoms with E-state index in [1.807, 2.05) is 0 Å². The van der Waals surface area contributed by atoms with Gasteiger partial charge in [-0.15, -0.1) is 0 Å². The van der Waals surface area contributed by atoms with E-state index in [-0.39, 0.29) is 17.0 Å². The first-order chi connectivity index (χ1) is 9.34. The highest BCUT2D eigenvalue weighted by Crippen LogP contribution is 2.33. The number of carbonyl (C=O) groups is 1. The molecular weight excluding hydrogens is 269 g/mol. The summed E-state index contributed by atoms with van der Waals surface area (Å²) < 4.78 is 38.5. The summed E-state index contributed by atoms with van der Waals surface area (Å²) in [5.41, 5.74) is -0.876. The van der Waals surface area contributed by atoms with Crippen LogP contribution in [0.5, 0.6) is 0 Å². The first-order valence-electron chi connectivity index (χ1n) is 5.87. The molecule has 0 aliphatic heterocycles. The van der Waals surface area contributed by atoms with Gasteiger partial charge in [0.1, 0.15) is 0 Å². The highest BCUT2D eigenvalue weighted by molar-refractivity contribution is 5.72. The smallest absolute Gasteiger partial charge is 0.356 e. The van der Waals surface area contributed by atoms with Crippen LogP contribution in [0.2, 0.25) is 0 Å². The van der Waals surface area contributed by atoms with E-state index in [1.165, 1.54) is 25.1 Å². The van der Waals surface area contributed by atoms with Crippen molar-refractivity contribution < 1.29 is 18.0 Å². The Morgan fingerprint density at radius 3 is 2.70 bits per heavy atom. The molecule has 0 atom stereocenters. The average Bonchev–Trinajstić information content (AvgIpc) is 2.37. The summed E-state index contributed by atoms with van der Waals surface area (Å²) in [4.78, 5) is 10.6. The molecule has 0 unspecified atom stereocenters. The summed E-state index contributed by atoms with van der Waals surface area (Å²) in [5.74, 6) is -0.187. The zero-order valence-electron chi connectivity index (χ0n) is 10.8. The molecule has 0 fully saturated rings. The molecule has 1 amide bonds. The van der Waals surface area contributed by atoms with Gasteiger partial charge in [-0.2, -0.15) is 18.4 Å². The number of benzene rings is 1. The summed E-state index contributed by atoms with van der Waals surface area (Å²) in [6.45, 7) is 1.73. The molecular formula is C14H13F3N2O. The molecule has 0 heterocycles. The molecule has 0 spiro atoms. The number of nitriles is 1. The topological polar surface area (TPSA) is 52.9 Å². The van der Waals surface area contributed by atoms with Crippen LogP contribution in [0.1, 0.15) is 30.0 Å². The van der Waals surface area contributed by atoms with E-state index in [2.05, 4.69) is 5.32 Å². The van der Waals surface area contributed by atoms with Crippen LogP contribution in [0.15, 0.2) is 24.3 Å². The molecule has 0 saturated heterocycles. The van der Waals surface area contributed by atoms with Crippen molar-refractivity contribution in [2.45, 2.75) is 19.5 Å². The van der Waals surface area contributed by atoms with E-state index < -0.39 is 11.7 Å². The van der Waals surface area contributed by atoms with Crippen LogP contribution in [-0.2, 0) is 11.0 Å². The van der Waals surface area contributed by atoms with Gasteiger partial charge < -0.3 is 5.32 Å². The lowest BCUT2D eigenvalue weighted by atomic mass is 10.0. The Kier molecular flexibility index (Phi) is 5.32. The van der Waals surface area contributed by atoms with Gasteiger partial charge in [-0.1, -0.05) is 18.2 Å². The summed E-state index contributed by atoms with van der Waals surface area (Å²) in [5, 5.41) is 11.2. The normalized spacial score (nSPS) is 11.3. The third-order valence-corrected chi connectivity index (χ3v) is 2.47. The van der Waals surface area contributed by atoms with E-state index in [0.717, 1.165) is 6.07 Å². The molecule has 106 valence electrons. The van der Waals surface area contributed by atoms with Crippen molar-refractivity contribution >= 4 is 12.0 Å². The number of amides is 1. The molecule has 20 heavy (non-hydrogen) atoms. The molecule has 1 aromatic rings. The van der Waals surface area contributed by atoms with Crippen molar-refractivity contribution in [2.75, 3.05) is 6.54 Å². The van der Waals surface area contributed by atoms with Crippen molar-refractivity contribution in [2.24, 2.45) is 0 Å². The fourth-order valence-electron chi connectivity index (χ4n) is 1.56. The Morgan fingerprint density at radius 1 is 1.45 bits per heavy atom. The zero-order valence-corrected chi connectivity index (χ0v) is 10.8. The second kappa shape index (κ2) is 6.75. The highest BCUT2D eigenvalue weighted by atomic mass is 19.4. The molecule has 0 aromatic heterocycles. The van der Waals surface area contributed by atoms with Gasteiger partial charge in [0.15, 0.2) is 0 Å². The first kappa shape index (κ1) is 15.8. The fraction of sp³-hybridized carbons (Fsp3) is 0.286. The molecule has 0 radical (unpaired) electrons. The maximum atomic E-state index is 12.8. The molecule has 1 rings (SSSR count). The van der Waals surface area contributed by atoms with Crippen LogP contribution in [0.3, 0.4) is 0 Å². The van der Waals surface area contributed by atoms with Crippen LogP contribution in [0.4, 0.5) is 13.2 Å². The molecule has 6 heteroatoms. The number of rotatable bonds is 4. The average molecular weight is 282 g/mol. The molecule has 0 aliphatic carbocycles. The minimum absolute atomic E-state index is 0.000625. The lowest BCUT2D eigenvalue weighted by molar-refractivity contribution is -0.137. The maximum Gasteiger partial charge on any atom is 0.417 e. The van der Waals surface area contributed by atoms with Crippen molar-refractivity contribution in [3.63, 3.8) is 0 Å². The number of hydrogen-bond donors (Lipinski definition) is 1. The van der Waals surface area contributed by atoms with Crippen LogP contribution in [-0.4, -0.2) is 12.5 Å². The molecule has 1 aromatic carbocycles. The van der Waals surface area contributed by atoms with Crippen LogP contribution >= 0.6 is 0 Å². The number of halogens is 3. The Hall–Kier alpha value is -2.29. The third kappa shape index (κ3) is 4.76. The summed E-state index contributed by atoms with van der Waals surface area (Å²) >= 11 is 0. The largest absolute Gasteiger partial charge is 0.417 e. The van der Waals surface area contributed by atoms with Gasteiger partial charge in [0, 0.05) is 13.5 Å². The standard InChI is InChI=1S/C14H13F3N2O/c1-10(20)19-7-3-2-4-12-6-5-11(9-18)8-13(12)14(15,16)17/h2,4-6,8H,3,7H2,1H3,(H,19,20). The monoisotopic (exact) mass is 282 g/mol. The molecule has 0 aliphatic rings. The predicted molar refractivity (Wildman–Crippen MR) is 68.5 cm³/mol. The van der Waals surface area contributed by atoms with Crippen molar-refractivity contribution in [3.8, 4) is 6.07 Å². The van der Waals surface area contributed by atoms with E-state index in [0.29, 0.717) is 13.0 Å². The van der Waals surface area contributed by atoms with Crippen molar-refractivity contribution in [3.05, 3.63) is 41.0 Å². The molecule has 3 nitrogen and oxygen atoms in total.